The van der Waals surface area contributed by atoms with Crippen molar-refractivity contribution < 1.29 is 37.9 Å². The molecule has 0 saturated heterocycles. The predicted octanol–water partition coefficient (Wildman–Crippen LogP) is 6.15. The van der Waals surface area contributed by atoms with Crippen LogP contribution < -0.4 is 0 Å². The average molecular weight is 478 g/mol. The Kier molecular flexibility index (Phi) is 31.8. The minimum Gasteiger partial charge on any atom is -0.508 e. The molecule has 31 heavy (non-hydrogen) atoms. The van der Waals surface area contributed by atoms with Crippen molar-refractivity contribution in [3.63, 3.8) is 0 Å². The van der Waals surface area contributed by atoms with E-state index in [9.17, 15) is 0 Å². The minimum absolute atomic E-state index is 0. The van der Waals surface area contributed by atoms with Gasteiger partial charge in [0.2, 0.25) is 0 Å². The second-order valence-electron chi connectivity index (χ2n) is 7.07. The summed E-state index contributed by atoms with van der Waals surface area (Å²) in [4.78, 5) is 0. The number of phenolic OH excluding ortho intramolecular Hbond substituents is 1. The molecule has 0 aliphatic heterocycles. The Morgan fingerprint density at radius 2 is 0.774 bits per heavy atom. The summed E-state index contributed by atoms with van der Waals surface area (Å²) in [6.07, 6.45) is 11.8. The molecule has 2 aromatic carbocycles. The molecule has 4 nitrogen and oxygen atoms in total. The van der Waals surface area contributed by atoms with E-state index in [0.717, 1.165) is 25.7 Å². The fourth-order valence-electron chi connectivity index (χ4n) is 2.97. The van der Waals surface area contributed by atoms with Crippen molar-refractivity contribution in [2.75, 3.05) is 0 Å². The summed E-state index contributed by atoms with van der Waals surface area (Å²) in [6, 6.07) is 20.7. The van der Waals surface area contributed by atoms with Gasteiger partial charge in [0.1, 0.15) is 5.75 Å². The van der Waals surface area contributed by atoms with Crippen LogP contribution in [0.25, 0.3) is 0 Å². The Labute approximate surface area is 201 Å². The van der Waals surface area contributed by atoms with Crippen LogP contribution >= 0.6 is 0 Å². The van der Waals surface area contributed by atoms with Crippen LogP contribution in [0.15, 0.2) is 66.7 Å². The molecule has 0 amide bonds. The van der Waals surface area contributed by atoms with Crippen LogP contribution in [-0.2, 0) is 17.1 Å². The molecule has 0 spiro atoms. The second-order valence-corrected chi connectivity index (χ2v) is 7.07. The molecular formula is C26H46FeO4+3. The van der Waals surface area contributed by atoms with Crippen LogP contribution in [0.1, 0.15) is 79.1 Å². The zero-order valence-corrected chi connectivity index (χ0v) is 18.4. The van der Waals surface area contributed by atoms with Gasteiger partial charge < -0.3 is 20.8 Å². The SMILES string of the molecule is C.C.O.OC1CCCCC1.OC1CCCCC1.Oc1ccccc1.[Fe+3].c1ccccc1. The zero-order valence-electron chi connectivity index (χ0n) is 17.3. The molecule has 2 aromatic rings. The first-order valence-corrected chi connectivity index (χ1v) is 10.3. The van der Waals surface area contributed by atoms with E-state index in [-0.39, 0.29) is 49.6 Å². The number of aromatic hydroxyl groups is 1. The van der Waals surface area contributed by atoms with Crippen LogP contribution in [0.5, 0.6) is 5.75 Å². The molecule has 0 heterocycles. The van der Waals surface area contributed by atoms with Crippen molar-refractivity contribution in [3.8, 4) is 5.75 Å². The summed E-state index contributed by atoms with van der Waals surface area (Å²) in [7, 11) is 0. The van der Waals surface area contributed by atoms with E-state index in [4.69, 9.17) is 15.3 Å². The summed E-state index contributed by atoms with van der Waals surface area (Å²) in [5.41, 5.74) is 0. The van der Waals surface area contributed by atoms with Gasteiger partial charge in [0.05, 0.1) is 12.2 Å². The number of phenols is 1. The van der Waals surface area contributed by atoms with E-state index in [1.165, 1.54) is 38.5 Å². The molecular weight excluding hydrogens is 432 g/mol. The average Bonchev–Trinajstić information content (AvgIpc) is 2.73. The smallest absolute Gasteiger partial charge is 0.508 e. The van der Waals surface area contributed by atoms with Gasteiger partial charge in [-0.3, -0.25) is 0 Å². The molecule has 2 aliphatic rings. The maximum atomic E-state index is 8.91. The molecule has 5 N–H and O–H groups in total. The number of aliphatic hydroxyl groups excluding tert-OH is 2. The van der Waals surface area contributed by atoms with Gasteiger partial charge in [-0.1, -0.05) is 108 Å². The first-order valence-electron chi connectivity index (χ1n) is 10.3. The van der Waals surface area contributed by atoms with Crippen molar-refractivity contribution in [1.82, 2.24) is 0 Å². The number of benzene rings is 2. The van der Waals surface area contributed by atoms with E-state index < -0.39 is 0 Å². The molecule has 179 valence electrons. The minimum atomic E-state index is 0. The Morgan fingerprint density at radius 1 is 0.516 bits per heavy atom. The molecule has 4 rings (SSSR count). The summed E-state index contributed by atoms with van der Waals surface area (Å²) in [5, 5.41) is 26.5. The van der Waals surface area contributed by atoms with Crippen LogP contribution in [0.3, 0.4) is 0 Å². The van der Waals surface area contributed by atoms with Gasteiger partial charge >= 0.3 is 17.1 Å². The van der Waals surface area contributed by atoms with Gasteiger partial charge in [-0.2, -0.15) is 0 Å². The van der Waals surface area contributed by atoms with Gasteiger partial charge in [-0.05, 0) is 37.8 Å². The quantitative estimate of drug-likeness (QED) is 0.397. The molecule has 0 bridgehead atoms. The van der Waals surface area contributed by atoms with E-state index in [1.54, 1.807) is 24.3 Å². The van der Waals surface area contributed by atoms with Crippen LogP contribution in [-0.4, -0.2) is 33.0 Å². The first kappa shape index (κ1) is 37.0. The molecule has 0 unspecified atom stereocenters. The second kappa shape index (κ2) is 26.7. The van der Waals surface area contributed by atoms with E-state index in [2.05, 4.69) is 0 Å². The molecule has 2 fully saturated rings. The van der Waals surface area contributed by atoms with Gasteiger partial charge in [0, 0.05) is 0 Å². The Bertz CT molecular complexity index is 485. The number of hydrogen-bond donors (Lipinski definition) is 3. The zero-order chi connectivity index (χ0) is 19.6. The van der Waals surface area contributed by atoms with E-state index >= 15 is 0 Å². The Balaban J connectivity index is -0.000000151. The third kappa shape index (κ3) is 24.8. The summed E-state index contributed by atoms with van der Waals surface area (Å²) >= 11 is 0. The topological polar surface area (TPSA) is 92.2 Å². The summed E-state index contributed by atoms with van der Waals surface area (Å²) in [5.74, 6) is 0.322. The van der Waals surface area contributed by atoms with Crippen molar-refractivity contribution >= 4 is 0 Å². The molecule has 0 aromatic heterocycles. The predicted molar refractivity (Wildman–Crippen MR) is 130 cm³/mol. The fourth-order valence-corrected chi connectivity index (χ4v) is 2.97. The molecule has 1 radical (unpaired) electrons. The molecule has 0 atom stereocenters. The maximum absolute atomic E-state index is 8.91. The van der Waals surface area contributed by atoms with Crippen molar-refractivity contribution in [3.05, 3.63) is 66.7 Å². The standard InChI is InChI=1S/2C6H12O.C6H6O.C6H6.2CH4.Fe.H2O/c3*7-6-4-2-1-3-5-6;1-2-4-6-5-3-1;;;;/h2*6-7H,1-5H2;1-5,7H;1-6H;2*1H4;;1H2/q;;;;;;+3;. The molecule has 2 saturated carbocycles. The Morgan fingerprint density at radius 3 is 0.935 bits per heavy atom. The third-order valence-electron chi connectivity index (χ3n) is 4.57. The van der Waals surface area contributed by atoms with Crippen molar-refractivity contribution in [2.24, 2.45) is 0 Å². The number of rotatable bonds is 0. The van der Waals surface area contributed by atoms with Crippen LogP contribution in [0.2, 0.25) is 0 Å². The first-order chi connectivity index (χ1) is 13.2. The number of hydrogen-bond acceptors (Lipinski definition) is 3. The normalized spacial score (nSPS) is 14.9. The van der Waals surface area contributed by atoms with Crippen molar-refractivity contribution in [1.29, 1.82) is 0 Å². The van der Waals surface area contributed by atoms with Crippen molar-refractivity contribution in [2.45, 2.75) is 91.3 Å². The van der Waals surface area contributed by atoms with Crippen LogP contribution in [0, 0.1) is 0 Å². The van der Waals surface area contributed by atoms with Gasteiger partial charge in [0.25, 0.3) is 0 Å². The molecule has 2 aliphatic carbocycles. The summed E-state index contributed by atoms with van der Waals surface area (Å²) in [6.45, 7) is 0. The monoisotopic (exact) mass is 478 g/mol. The van der Waals surface area contributed by atoms with Crippen LogP contribution in [0.4, 0.5) is 0 Å². The fraction of sp³-hybridized carbons (Fsp3) is 0.538. The largest absolute Gasteiger partial charge is 3.00 e. The third-order valence-corrected chi connectivity index (χ3v) is 4.57. The van der Waals surface area contributed by atoms with Gasteiger partial charge in [-0.25, -0.2) is 0 Å². The van der Waals surface area contributed by atoms with E-state index in [1.807, 2.05) is 42.5 Å². The van der Waals surface area contributed by atoms with Gasteiger partial charge in [-0.15, -0.1) is 0 Å². The number of para-hydroxylation sites is 1. The molecule has 5 heteroatoms. The Hall–Kier alpha value is -1.36. The van der Waals surface area contributed by atoms with E-state index in [0.29, 0.717) is 5.75 Å². The maximum Gasteiger partial charge on any atom is 3.00 e. The summed E-state index contributed by atoms with van der Waals surface area (Å²) < 4.78 is 0. The number of aliphatic hydroxyl groups is 2. The van der Waals surface area contributed by atoms with Gasteiger partial charge in [0.15, 0.2) is 0 Å².